The highest BCUT2D eigenvalue weighted by Gasteiger charge is 2.29. The summed E-state index contributed by atoms with van der Waals surface area (Å²) in [7, 11) is 0. The van der Waals surface area contributed by atoms with Crippen LogP contribution in [0.2, 0.25) is 0 Å². The number of amides is 1. The Morgan fingerprint density at radius 2 is 2.00 bits per heavy atom. The maximum Gasteiger partial charge on any atom is 0.260 e. The fourth-order valence-corrected chi connectivity index (χ4v) is 3.54. The minimum Gasteiger partial charge on any atom is -0.484 e. The number of carbonyl (C=O) groups is 1. The van der Waals surface area contributed by atoms with E-state index in [0.717, 1.165) is 63.5 Å². The second kappa shape index (κ2) is 8.49. The lowest BCUT2D eigenvalue weighted by Gasteiger charge is -2.39. The van der Waals surface area contributed by atoms with Gasteiger partial charge in [-0.25, -0.2) is 0 Å². The van der Waals surface area contributed by atoms with Gasteiger partial charge in [-0.15, -0.1) is 0 Å². The van der Waals surface area contributed by atoms with Crippen LogP contribution in [0.3, 0.4) is 0 Å². The van der Waals surface area contributed by atoms with E-state index in [4.69, 9.17) is 9.47 Å². The van der Waals surface area contributed by atoms with Crippen LogP contribution < -0.4 is 4.74 Å². The number of carbonyl (C=O) groups excluding carboxylic acids is 1. The molecule has 1 amide bonds. The van der Waals surface area contributed by atoms with Crippen LogP contribution in [0, 0.1) is 6.92 Å². The van der Waals surface area contributed by atoms with E-state index in [2.05, 4.69) is 4.90 Å². The van der Waals surface area contributed by atoms with E-state index in [0.29, 0.717) is 6.04 Å². The highest BCUT2D eigenvalue weighted by atomic mass is 16.5. The Bertz CT molecular complexity index is 543. The van der Waals surface area contributed by atoms with Gasteiger partial charge in [0.25, 0.3) is 5.91 Å². The summed E-state index contributed by atoms with van der Waals surface area (Å²) in [6.45, 7) is 7.49. The molecule has 2 fully saturated rings. The number of piperidine rings is 1. The van der Waals surface area contributed by atoms with Crippen molar-refractivity contribution in [3.63, 3.8) is 0 Å². The highest BCUT2D eigenvalue weighted by Crippen LogP contribution is 2.20. The molecule has 1 aromatic carbocycles. The Hall–Kier alpha value is -1.59. The molecular formula is C19H28N2O3. The quantitative estimate of drug-likeness (QED) is 0.828. The molecule has 1 unspecified atom stereocenters. The Labute approximate surface area is 144 Å². The number of likely N-dealkylation sites (tertiary alicyclic amines) is 1. The summed E-state index contributed by atoms with van der Waals surface area (Å²) in [5, 5.41) is 0. The molecule has 2 aliphatic heterocycles. The number of para-hydroxylation sites is 1. The van der Waals surface area contributed by atoms with Crippen LogP contribution in [0.5, 0.6) is 5.75 Å². The molecule has 2 heterocycles. The Morgan fingerprint density at radius 3 is 2.79 bits per heavy atom. The molecule has 3 rings (SSSR count). The van der Waals surface area contributed by atoms with Crippen LogP contribution in [-0.4, -0.2) is 67.7 Å². The third kappa shape index (κ3) is 4.48. The van der Waals surface area contributed by atoms with Crippen LogP contribution in [0.1, 0.15) is 24.8 Å². The molecule has 0 radical (unpaired) electrons. The monoisotopic (exact) mass is 332 g/mol. The van der Waals surface area contributed by atoms with Gasteiger partial charge in [0, 0.05) is 32.2 Å². The molecule has 1 aromatic rings. The molecule has 132 valence electrons. The molecule has 5 heteroatoms. The van der Waals surface area contributed by atoms with Crippen molar-refractivity contribution in [2.24, 2.45) is 0 Å². The zero-order chi connectivity index (χ0) is 16.8. The minimum atomic E-state index is 0.108. The van der Waals surface area contributed by atoms with Crippen LogP contribution in [-0.2, 0) is 9.53 Å². The van der Waals surface area contributed by atoms with Gasteiger partial charge in [-0.1, -0.05) is 18.2 Å². The summed E-state index contributed by atoms with van der Waals surface area (Å²) in [5.41, 5.74) is 1.06. The number of hydrogen-bond donors (Lipinski definition) is 0. The van der Waals surface area contributed by atoms with E-state index < -0.39 is 0 Å². The Kier molecular flexibility index (Phi) is 6.10. The van der Waals surface area contributed by atoms with Crippen molar-refractivity contribution >= 4 is 5.91 Å². The average molecular weight is 332 g/mol. The van der Waals surface area contributed by atoms with Crippen LogP contribution in [0.4, 0.5) is 0 Å². The summed E-state index contributed by atoms with van der Waals surface area (Å²) in [6, 6.07) is 8.15. The fourth-order valence-electron chi connectivity index (χ4n) is 3.54. The van der Waals surface area contributed by atoms with E-state index in [1.807, 2.05) is 36.1 Å². The lowest BCUT2D eigenvalue weighted by atomic mass is 10.0. The number of hydrogen-bond acceptors (Lipinski definition) is 4. The summed E-state index contributed by atoms with van der Waals surface area (Å²) in [6.07, 6.45) is 3.39. The van der Waals surface area contributed by atoms with Crippen molar-refractivity contribution in [2.75, 3.05) is 46.0 Å². The van der Waals surface area contributed by atoms with Crippen molar-refractivity contribution in [1.29, 1.82) is 0 Å². The molecular weight excluding hydrogens is 304 g/mol. The number of nitrogens with zero attached hydrogens (tertiary/aromatic N) is 2. The third-order valence-corrected chi connectivity index (χ3v) is 4.96. The van der Waals surface area contributed by atoms with Gasteiger partial charge in [0.05, 0.1) is 13.2 Å². The summed E-state index contributed by atoms with van der Waals surface area (Å²) < 4.78 is 11.2. The van der Waals surface area contributed by atoms with Gasteiger partial charge in [-0.05, 0) is 37.8 Å². The third-order valence-electron chi connectivity index (χ3n) is 4.96. The standard InChI is InChI=1S/C19H28N2O3/c1-16-6-2-3-8-18(16)24-15-19(22)21-9-5-4-7-17(21)14-20-10-12-23-13-11-20/h2-3,6,8,17H,4-5,7,9-15H2,1H3. The Balaban J connectivity index is 1.55. The van der Waals surface area contributed by atoms with Crippen molar-refractivity contribution in [2.45, 2.75) is 32.2 Å². The first-order chi connectivity index (χ1) is 11.7. The molecule has 0 aliphatic carbocycles. The second-order valence-electron chi connectivity index (χ2n) is 6.70. The van der Waals surface area contributed by atoms with E-state index in [1.165, 1.54) is 6.42 Å². The maximum atomic E-state index is 12.7. The first-order valence-electron chi connectivity index (χ1n) is 9.02. The molecule has 24 heavy (non-hydrogen) atoms. The summed E-state index contributed by atoms with van der Waals surface area (Å²) >= 11 is 0. The summed E-state index contributed by atoms with van der Waals surface area (Å²) in [5.74, 6) is 0.906. The van der Waals surface area contributed by atoms with E-state index in [1.54, 1.807) is 0 Å². The second-order valence-corrected chi connectivity index (χ2v) is 6.70. The number of morpholine rings is 1. The van der Waals surface area contributed by atoms with Gasteiger partial charge in [-0.2, -0.15) is 0 Å². The van der Waals surface area contributed by atoms with Crippen LogP contribution in [0.25, 0.3) is 0 Å². The lowest BCUT2D eigenvalue weighted by Crippen LogP contribution is -2.52. The summed E-state index contributed by atoms with van der Waals surface area (Å²) in [4.78, 5) is 17.2. The van der Waals surface area contributed by atoms with E-state index in [9.17, 15) is 4.79 Å². The van der Waals surface area contributed by atoms with Crippen molar-refractivity contribution in [3.8, 4) is 5.75 Å². The number of aryl methyl sites for hydroxylation is 1. The molecule has 0 bridgehead atoms. The largest absolute Gasteiger partial charge is 0.484 e. The first-order valence-corrected chi connectivity index (χ1v) is 9.02. The van der Waals surface area contributed by atoms with Gasteiger partial charge >= 0.3 is 0 Å². The predicted molar refractivity (Wildman–Crippen MR) is 93.3 cm³/mol. The molecule has 1 atom stereocenters. The zero-order valence-corrected chi connectivity index (χ0v) is 14.6. The molecule has 0 saturated carbocycles. The molecule has 2 saturated heterocycles. The topological polar surface area (TPSA) is 42.0 Å². The van der Waals surface area contributed by atoms with Crippen LogP contribution >= 0.6 is 0 Å². The van der Waals surface area contributed by atoms with E-state index >= 15 is 0 Å². The molecule has 2 aliphatic rings. The van der Waals surface area contributed by atoms with Crippen molar-refractivity contribution in [3.05, 3.63) is 29.8 Å². The molecule has 5 nitrogen and oxygen atoms in total. The van der Waals surface area contributed by atoms with Gasteiger partial charge < -0.3 is 14.4 Å². The Morgan fingerprint density at radius 1 is 1.21 bits per heavy atom. The average Bonchev–Trinajstić information content (AvgIpc) is 2.62. The van der Waals surface area contributed by atoms with Crippen molar-refractivity contribution < 1.29 is 14.3 Å². The SMILES string of the molecule is Cc1ccccc1OCC(=O)N1CCCCC1CN1CCOCC1. The zero-order valence-electron chi connectivity index (χ0n) is 14.6. The first kappa shape index (κ1) is 17.2. The minimum absolute atomic E-state index is 0.108. The maximum absolute atomic E-state index is 12.7. The van der Waals surface area contributed by atoms with Gasteiger partial charge in [0.2, 0.25) is 0 Å². The molecule has 0 aromatic heterocycles. The van der Waals surface area contributed by atoms with E-state index in [-0.39, 0.29) is 12.5 Å². The number of ether oxygens (including phenoxy) is 2. The van der Waals surface area contributed by atoms with Gasteiger partial charge in [0.1, 0.15) is 5.75 Å². The molecule has 0 N–H and O–H groups in total. The highest BCUT2D eigenvalue weighted by molar-refractivity contribution is 5.78. The van der Waals surface area contributed by atoms with Crippen LogP contribution in [0.15, 0.2) is 24.3 Å². The number of rotatable bonds is 5. The van der Waals surface area contributed by atoms with Gasteiger partial charge in [-0.3, -0.25) is 9.69 Å². The lowest BCUT2D eigenvalue weighted by molar-refractivity contribution is -0.137. The fraction of sp³-hybridized carbons (Fsp3) is 0.632. The number of benzene rings is 1. The van der Waals surface area contributed by atoms with Crippen molar-refractivity contribution in [1.82, 2.24) is 9.80 Å². The predicted octanol–water partition coefficient (Wildman–Crippen LogP) is 2.09. The molecule has 0 spiro atoms. The van der Waals surface area contributed by atoms with Gasteiger partial charge in [0.15, 0.2) is 6.61 Å². The smallest absolute Gasteiger partial charge is 0.260 e. The normalized spacial score (nSPS) is 22.4.